The SMILES string of the molecule is CC(C)NC(=O)N(Cc1ccc(F)cc1)C[C@@H]1CC(c2cccc(F)c2)=NO1. The fraction of sp³-hybridized carbons (Fsp3) is 0.333. The summed E-state index contributed by atoms with van der Waals surface area (Å²) in [5.74, 6) is -0.660. The Labute approximate surface area is 163 Å². The molecule has 2 aromatic carbocycles. The number of oxime groups is 1. The predicted octanol–water partition coefficient (Wildman–Crippen LogP) is 4.08. The Kier molecular flexibility index (Phi) is 6.23. The van der Waals surface area contributed by atoms with Crippen LogP contribution in [0.15, 0.2) is 53.7 Å². The molecule has 7 heteroatoms. The molecule has 0 spiro atoms. The summed E-state index contributed by atoms with van der Waals surface area (Å²) in [6, 6.07) is 12.0. The molecule has 0 saturated carbocycles. The molecule has 0 fully saturated rings. The minimum absolute atomic E-state index is 0.0215. The van der Waals surface area contributed by atoms with Gasteiger partial charge in [-0.25, -0.2) is 13.6 Å². The lowest BCUT2D eigenvalue weighted by Gasteiger charge is -2.26. The number of carbonyl (C=O) groups is 1. The Morgan fingerprint density at radius 2 is 1.96 bits per heavy atom. The van der Waals surface area contributed by atoms with Crippen molar-refractivity contribution in [3.8, 4) is 0 Å². The minimum atomic E-state index is -0.336. The van der Waals surface area contributed by atoms with Crippen LogP contribution in [0.4, 0.5) is 13.6 Å². The second-order valence-electron chi connectivity index (χ2n) is 7.09. The predicted molar refractivity (Wildman–Crippen MR) is 103 cm³/mol. The quantitative estimate of drug-likeness (QED) is 0.812. The number of rotatable bonds is 6. The van der Waals surface area contributed by atoms with Gasteiger partial charge in [-0.05, 0) is 43.7 Å². The average molecular weight is 387 g/mol. The van der Waals surface area contributed by atoms with E-state index in [-0.39, 0.29) is 29.8 Å². The van der Waals surface area contributed by atoms with E-state index in [0.717, 1.165) is 5.56 Å². The Bertz CT molecular complexity index is 853. The van der Waals surface area contributed by atoms with Crippen molar-refractivity contribution in [2.45, 2.75) is 39.0 Å². The minimum Gasteiger partial charge on any atom is -0.390 e. The van der Waals surface area contributed by atoms with Gasteiger partial charge in [0.15, 0.2) is 6.10 Å². The maximum Gasteiger partial charge on any atom is 0.318 e. The first-order chi connectivity index (χ1) is 13.4. The van der Waals surface area contributed by atoms with Crippen molar-refractivity contribution in [1.82, 2.24) is 10.2 Å². The number of urea groups is 1. The number of nitrogens with one attached hydrogen (secondary N) is 1. The second-order valence-corrected chi connectivity index (χ2v) is 7.09. The Morgan fingerprint density at radius 1 is 1.21 bits per heavy atom. The topological polar surface area (TPSA) is 53.9 Å². The van der Waals surface area contributed by atoms with Gasteiger partial charge < -0.3 is 15.1 Å². The Hall–Kier alpha value is -2.96. The average Bonchev–Trinajstić information content (AvgIpc) is 3.11. The molecule has 1 aliphatic rings. The number of carbonyl (C=O) groups excluding carboxylic acids is 1. The third-order valence-electron chi connectivity index (χ3n) is 4.30. The highest BCUT2D eigenvalue weighted by Crippen LogP contribution is 2.19. The van der Waals surface area contributed by atoms with E-state index < -0.39 is 0 Å². The second kappa shape index (κ2) is 8.82. The molecule has 1 N–H and O–H groups in total. The van der Waals surface area contributed by atoms with E-state index in [0.29, 0.717) is 30.8 Å². The molecule has 3 rings (SSSR count). The number of amides is 2. The third kappa shape index (κ3) is 5.28. The summed E-state index contributed by atoms with van der Waals surface area (Å²) < 4.78 is 26.6. The van der Waals surface area contributed by atoms with E-state index >= 15 is 0 Å². The van der Waals surface area contributed by atoms with Crippen LogP contribution in [0.3, 0.4) is 0 Å². The zero-order valence-electron chi connectivity index (χ0n) is 15.9. The summed E-state index contributed by atoms with van der Waals surface area (Å²) in [7, 11) is 0. The van der Waals surface area contributed by atoms with Crippen molar-refractivity contribution in [3.05, 3.63) is 71.3 Å². The summed E-state index contributed by atoms with van der Waals surface area (Å²) in [6.45, 7) is 4.38. The molecule has 5 nitrogen and oxygen atoms in total. The molecule has 0 unspecified atom stereocenters. The van der Waals surface area contributed by atoms with Gasteiger partial charge in [-0.15, -0.1) is 0 Å². The maximum atomic E-state index is 13.4. The molecule has 0 bridgehead atoms. The van der Waals surface area contributed by atoms with Gasteiger partial charge >= 0.3 is 6.03 Å². The zero-order valence-corrected chi connectivity index (χ0v) is 15.9. The first-order valence-electron chi connectivity index (χ1n) is 9.19. The molecule has 2 aromatic rings. The molecule has 2 amide bonds. The fourth-order valence-electron chi connectivity index (χ4n) is 2.98. The van der Waals surface area contributed by atoms with Crippen LogP contribution in [-0.2, 0) is 11.4 Å². The van der Waals surface area contributed by atoms with Crippen LogP contribution >= 0.6 is 0 Å². The molecular weight excluding hydrogens is 364 g/mol. The van der Waals surface area contributed by atoms with E-state index in [1.165, 1.54) is 24.3 Å². The highest BCUT2D eigenvalue weighted by molar-refractivity contribution is 6.01. The molecule has 0 aromatic heterocycles. The first-order valence-corrected chi connectivity index (χ1v) is 9.19. The van der Waals surface area contributed by atoms with Crippen LogP contribution in [0.5, 0.6) is 0 Å². The first kappa shape index (κ1) is 19.8. The molecule has 1 heterocycles. The lowest BCUT2D eigenvalue weighted by atomic mass is 10.0. The summed E-state index contributed by atoms with van der Waals surface area (Å²) in [5, 5.41) is 6.93. The van der Waals surface area contributed by atoms with Crippen LogP contribution in [0.1, 0.15) is 31.4 Å². The van der Waals surface area contributed by atoms with E-state index in [4.69, 9.17) is 4.84 Å². The molecule has 0 saturated heterocycles. The molecule has 1 atom stereocenters. The van der Waals surface area contributed by atoms with Crippen LogP contribution in [-0.4, -0.2) is 35.3 Å². The van der Waals surface area contributed by atoms with Crippen molar-refractivity contribution < 1.29 is 18.4 Å². The van der Waals surface area contributed by atoms with Crippen molar-refractivity contribution in [1.29, 1.82) is 0 Å². The molecule has 28 heavy (non-hydrogen) atoms. The highest BCUT2D eigenvalue weighted by atomic mass is 19.1. The summed E-state index contributed by atoms with van der Waals surface area (Å²) in [5.41, 5.74) is 2.12. The normalized spacial score (nSPS) is 15.9. The van der Waals surface area contributed by atoms with Gasteiger partial charge in [0.2, 0.25) is 0 Å². The maximum absolute atomic E-state index is 13.4. The monoisotopic (exact) mass is 387 g/mol. The van der Waals surface area contributed by atoms with Gasteiger partial charge in [0.05, 0.1) is 12.3 Å². The Morgan fingerprint density at radius 3 is 2.64 bits per heavy atom. The Balaban J connectivity index is 1.67. The van der Waals surface area contributed by atoms with E-state index in [9.17, 15) is 13.6 Å². The van der Waals surface area contributed by atoms with Gasteiger partial charge in [0.1, 0.15) is 11.6 Å². The lowest BCUT2D eigenvalue weighted by Crippen LogP contribution is -2.45. The largest absolute Gasteiger partial charge is 0.390 e. The standard InChI is InChI=1S/C21H23F2N3O2/c1-14(2)24-21(27)26(12-15-6-8-17(22)9-7-15)13-19-11-20(25-28-19)16-4-3-5-18(23)10-16/h3-10,14,19H,11-13H2,1-2H3,(H,24,27)/t19-/m0/s1. The van der Waals surface area contributed by atoms with Crippen molar-refractivity contribution >= 4 is 11.7 Å². The van der Waals surface area contributed by atoms with E-state index in [1.54, 1.807) is 29.2 Å². The highest BCUT2D eigenvalue weighted by Gasteiger charge is 2.27. The van der Waals surface area contributed by atoms with E-state index in [1.807, 2.05) is 13.8 Å². The van der Waals surface area contributed by atoms with Gasteiger partial charge in [-0.2, -0.15) is 0 Å². The molecule has 148 valence electrons. The molecule has 1 aliphatic heterocycles. The van der Waals surface area contributed by atoms with Crippen molar-refractivity contribution in [3.63, 3.8) is 0 Å². The van der Waals surface area contributed by atoms with Gasteiger partial charge in [0, 0.05) is 24.6 Å². The van der Waals surface area contributed by atoms with Crippen molar-refractivity contribution in [2.75, 3.05) is 6.54 Å². The zero-order chi connectivity index (χ0) is 20.1. The fourth-order valence-corrected chi connectivity index (χ4v) is 2.98. The number of nitrogens with zero attached hydrogens (tertiary/aromatic N) is 2. The van der Waals surface area contributed by atoms with Gasteiger partial charge in [0.25, 0.3) is 0 Å². The number of hydrogen-bond acceptors (Lipinski definition) is 3. The van der Waals surface area contributed by atoms with Gasteiger partial charge in [-0.1, -0.05) is 29.4 Å². The lowest BCUT2D eigenvalue weighted by molar-refractivity contribution is 0.0586. The number of halogens is 2. The number of hydrogen-bond donors (Lipinski definition) is 1. The van der Waals surface area contributed by atoms with Crippen LogP contribution < -0.4 is 5.32 Å². The van der Waals surface area contributed by atoms with Crippen molar-refractivity contribution in [2.24, 2.45) is 5.16 Å². The van der Waals surface area contributed by atoms with Gasteiger partial charge in [-0.3, -0.25) is 0 Å². The van der Waals surface area contributed by atoms with Crippen LogP contribution in [0.2, 0.25) is 0 Å². The van der Waals surface area contributed by atoms with E-state index in [2.05, 4.69) is 10.5 Å². The third-order valence-corrected chi connectivity index (χ3v) is 4.30. The molecule has 0 aliphatic carbocycles. The summed E-state index contributed by atoms with van der Waals surface area (Å²) in [4.78, 5) is 19.7. The summed E-state index contributed by atoms with van der Waals surface area (Å²) in [6.07, 6.45) is 0.134. The van der Waals surface area contributed by atoms with Crippen LogP contribution in [0.25, 0.3) is 0 Å². The summed E-state index contributed by atoms with van der Waals surface area (Å²) >= 11 is 0. The molecule has 0 radical (unpaired) electrons. The smallest absolute Gasteiger partial charge is 0.318 e. The molecular formula is C21H23F2N3O2. The number of benzene rings is 2. The van der Waals surface area contributed by atoms with Crippen LogP contribution in [0, 0.1) is 11.6 Å².